The summed E-state index contributed by atoms with van der Waals surface area (Å²) in [6.45, 7) is 13.2. The first-order chi connectivity index (χ1) is 6.23. The van der Waals surface area contributed by atoms with Crippen LogP contribution in [0.25, 0.3) is 0 Å². The van der Waals surface area contributed by atoms with E-state index in [2.05, 4.69) is 47.6 Å². The molecule has 0 aromatic carbocycles. The third-order valence-electron chi connectivity index (χ3n) is 2.81. The number of rotatable bonds is 4. The lowest BCUT2D eigenvalue weighted by Crippen LogP contribution is -2.26. The van der Waals surface area contributed by atoms with Crippen LogP contribution in [0.15, 0.2) is 0 Å². The zero-order valence-electron chi connectivity index (χ0n) is 10.6. The summed E-state index contributed by atoms with van der Waals surface area (Å²) < 4.78 is 0. The molecule has 0 spiro atoms. The standard InChI is InChI=1S/C13H25N/c1-7-8-13(5,6)11(10-14)9-12(2,3)4/h11H,7-9H2,1-6H3. The van der Waals surface area contributed by atoms with Crippen LogP contribution >= 0.6 is 0 Å². The van der Waals surface area contributed by atoms with E-state index in [0.717, 1.165) is 19.3 Å². The van der Waals surface area contributed by atoms with Crippen LogP contribution in [0.5, 0.6) is 0 Å². The molecule has 0 radical (unpaired) electrons. The largest absolute Gasteiger partial charge is 0.198 e. The van der Waals surface area contributed by atoms with Crippen LogP contribution in [0, 0.1) is 28.1 Å². The van der Waals surface area contributed by atoms with E-state index in [-0.39, 0.29) is 16.7 Å². The van der Waals surface area contributed by atoms with E-state index in [0.29, 0.717) is 0 Å². The molecular formula is C13H25N. The summed E-state index contributed by atoms with van der Waals surface area (Å²) in [5.41, 5.74) is 0.419. The molecule has 0 aromatic rings. The van der Waals surface area contributed by atoms with Crippen LogP contribution in [-0.4, -0.2) is 0 Å². The summed E-state index contributed by atoms with van der Waals surface area (Å²) in [7, 11) is 0. The predicted octanol–water partition coefficient (Wildman–Crippen LogP) is 4.39. The van der Waals surface area contributed by atoms with Crippen molar-refractivity contribution in [3.63, 3.8) is 0 Å². The molecule has 0 fully saturated rings. The summed E-state index contributed by atoms with van der Waals surface area (Å²) in [4.78, 5) is 0. The van der Waals surface area contributed by atoms with Crippen molar-refractivity contribution in [1.29, 1.82) is 5.26 Å². The van der Waals surface area contributed by atoms with Crippen LogP contribution < -0.4 is 0 Å². The van der Waals surface area contributed by atoms with Gasteiger partial charge >= 0.3 is 0 Å². The fraction of sp³-hybridized carbons (Fsp3) is 0.923. The normalized spacial score (nSPS) is 14.9. The molecule has 0 heterocycles. The molecule has 1 heteroatoms. The van der Waals surface area contributed by atoms with E-state index in [1.165, 1.54) is 0 Å². The van der Waals surface area contributed by atoms with Crippen LogP contribution in [0.4, 0.5) is 0 Å². The minimum atomic E-state index is 0.163. The van der Waals surface area contributed by atoms with Gasteiger partial charge in [-0.2, -0.15) is 5.26 Å². The van der Waals surface area contributed by atoms with E-state index in [1.807, 2.05) is 0 Å². The second kappa shape index (κ2) is 4.82. The van der Waals surface area contributed by atoms with Gasteiger partial charge in [-0.15, -0.1) is 0 Å². The molecule has 1 unspecified atom stereocenters. The van der Waals surface area contributed by atoms with E-state index < -0.39 is 0 Å². The first-order valence-corrected chi connectivity index (χ1v) is 5.62. The molecule has 14 heavy (non-hydrogen) atoms. The zero-order chi connectivity index (χ0) is 11.4. The summed E-state index contributed by atoms with van der Waals surface area (Å²) in [5, 5.41) is 9.20. The third kappa shape index (κ3) is 4.65. The average molecular weight is 195 g/mol. The summed E-state index contributed by atoms with van der Waals surface area (Å²) in [5.74, 6) is 0.183. The Labute approximate surface area is 89.5 Å². The van der Waals surface area contributed by atoms with Crippen LogP contribution in [0.1, 0.15) is 60.8 Å². The topological polar surface area (TPSA) is 23.8 Å². The summed E-state index contributed by atoms with van der Waals surface area (Å²) >= 11 is 0. The maximum atomic E-state index is 9.20. The highest BCUT2D eigenvalue weighted by Crippen LogP contribution is 2.38. The second-order valence-electron chi connectivity index (χ2n) is 6.19. The van der Waals surface area contributed by atoms with Crippen molar-refractivity contribution in [3.05, 3.63) is 0 Å². The van der Waals surface area contributed by atoms with Crippen molar-refractivity contribution < 1.29 is 0 Å². The predicted molar refractivity (Wildman–Crippen MR) is 61.9 cm³/mol. The number of nitrogens with zero attached hydrogens (tertiary/aromatic N) is 1. The van der Waals surface area contributed by atoms with Crippen molar-refractivity contribution in [2.45, 2.75) is 60.8 Å². The zero-order valence-corrected chi connectivity index (χ0v) is 10.6. The number of nitriles is 1. The van der Waals surface area contributed by atoms with E-state index in [1.54, 1.807) is 0 Å². The van der Waals surface area contributed by atoms with E-state index >= 15 is 0 Å². The molecule has 0 aromatic heterocycles. The van der Waals surface area contributed by atoms with E-state index in [9.17, 15) is 5.26 Å². The lowest BCUT2D eigenvalue weighted by atomic mass is 9.70. The Morgan fingerprint density at radius 3 is 1.93 bits per heavy atom. The fourth-order valence-corrected chi connectivity index (χ4v) is 1.93. The first-order valence-electron chi connectivity index (χ1n) is 5.62. The molecule has 0 N–H and O–H groups in total. The highest BCUT2D eigenvalue weighted by Gasteiger charge is 2.31. The highest BCUT2D eigenvalue weighted by molar-refractivity contribution is 4.95. The average Bonchev–Trinajstić information content (AvgIpc) is 1.98. The molecule has 1 atom stereocenters. The Kier molecular flexibility index (Phi) is 4.65. The quantitative estimate of drug-likeness (QED) is 0.652. The van der Waals surface area contributed by atoms with Gasteiger partial charge < -0.3 is 0 Å². The Balaban J connectivity index is 4.50. The molecule has 0 saturated carbocycles. The van der Waals surface area contributed by atoms with Gasteiger partial charge in [0.05, 0.1) is 12.0 Å². The Morgan fingerprint density at radius 2 is 1.64 bits per heavy atom. The van der Waals surface area contributed by atoms with Gasteiger partial charge in [-0.3, -0.25) is 0 Å². The van der Waals surface area contributed by atoms with E-state index in [4.69, 9.17) is 0 Å². The van der Waals surface area contributed by atoms with Crippen molar-refractivity contribution in [1.82, 2.24) is 0 Å². The third-order valence-corrected chi connectivity index (χ3v) is 2.81. The van der Waals surface area contributed by atoms with Gasteiger partial charge in [0.15, 0.2) is 0 Å². The van der Waals surface area contributed by atoms with Gasteiger partial charge in [0.25, 0.3) is 0 Å². The van der Waals surface area contributed by atoms with Gasteiger partial charge in [-0.25, -0.2) is 0 Å². The van der Waals surface area contributed by atoms with Gasteiger partial charge in [0.1, 0.15) is 0 Å². The molecular weight excluding hydrogens is 170 g/mol. The van der Waals surface area contributed by atoms with Gasteiger partial charge in [-0.1, -0.05) is 48.0 Å². The Bertz CT molecular complexity index is 202. The fourth-order valence-electron chi connectivity index (χ4n) is 1.93. The molecule has 82 valence electrons. The summed E-state index contributed by atoms with van der Waals surface area (Å²) in [6, 6.07) is 2.48. The lowest BCUT2D eigenvalue weighted by Gasteiger charge is -2.33. The van der Waals surface area contributed by atoms with Crippen molar-refractivity contribution >= 4 is 0 Å². The molecule has 0 saturated heterocycles. The summed E-state index contributed by atoms with van der Waals surface area (Å²) in [6.07, 6.45) is 3.30. The SMILES string of the molecule is CCCC(C)(C)C(C#N)CC(C)(C)C. The van der Waals surface area contributed by atoms with Crippen molar-refractivity contribution in [2.24, 2.45) is 16.7 Å². The molecule has 0 aliphatic carbocycles. The number of hydrogen-bond acceptors (Lipinski definition) is 1. The van der Waals surface area contributed by atoms with Gasteiger partial charge in [-0.05, 0) is 23.7 Å². The first kappa shape index (κ1) is 13.5. The highest BCUT2D eigenvalue weighted by atomic mass is 14.4. The maximum Gasteiger partial charge on any atom is 0.0661 e. The Hall–Kier alpha value is -0.510. The second-order valence-corrected chi connectivity index (χ2v) is 6.19. The van der Waals surface area contributed by atoms with Gasteiger partial charge in [0, 0.05) is 0 Å². The van der Waals surface area contributed by atoms with Crippen LogP contribution in [0.2, 0.25) is 0 Å². The minimum Gasteiger partial charge on any atom is -0.198 e. The maximum absolute atomic E-state index is 9.20. The molecule has 1 nitrogen and oxygen atoms in total. The number of hydrogen-bond donors (Lipinski definition) is 0. The molecule has 0 amide bonds. The van der Waals surface area contributed by atoms with Crippen LogP contribution in [-0.2, 0) is 0 Å². The molecule has 0 aliphatic rings. The molecule has 0 rings (SSSR count). The molecule has 0 bridgehead atoms. The minimum absolute atomic E-state index is 0.163. The van der Waals surface area contributed by atoms with Crippen LogP contribution in [0.3, 0.4) is 0 Å². The van der Waals surface area contributed by atoms with Crippen molar-refractivity contribution in [2.75, 3.05) is 0 Å². The molecule has 0 aliphatic heterocycles. The van der Waals surface area contributed by atoms with Crippen molar-refractivity contribution in [3.8, 4) is 6.07 Å². The smallest absolute Gasteiger partial charge is 0.0661 e. The van der Waals surface area contributed by atoms with Gasteiger partial charge in [0.2, 0.25) is 0 Å². The lowest BCUT2D eigenvalue weighted by molar-refractivity contribution is 0.179. The Morgan fingerprint density at radius 1 is 1.14 bits per heavy atom. The monoisotopic (exact) mass is 195 g/mol.